The van der Waals surface area contributed by atoms with Crippen molar-refractivity contribution in [2.24, 2.45) is 10.1 Å². The quantitative estimate of drug-likeness (QED) is 0.737. The first kappa shape index (κ1) is 16.5. The lowest BCUT2D eigenvalue weighted by Crippen LogP contribution is -2.13. The summed E-state index contributed by atoms with van der Waals surface area (Å²) < 4.78 is 7.16. The number of unbranched alkanes of at least 4 members (excludes halogenated alkanes) is 1. The maximum Gasteiger partial charge on any atom is 0.205 e. The molecule has 22 heavy (non-hydrogen) atoms. The Morgan fingerprint density at radius 1 is 1.27 bits per heavy atom. The van der Waals surface area contributed by atoms with Gasteiger partial charge in [-0.1, -0.05) is 13.3 Å². The molecule has 0 aliphatic heterocycles. The number of rotatable bonds is 6. The van der Waals surface area contributed by atoms with Crippen molar-refractivity contribution in [2.45, 2.75) is 33.1 Å². The molecular weight excluding hydrogens is 294 g/mol. The highest BCUT2D eigenvalue weighted by molar-refractivity contribution is 7.07. The van der Waals surface area contributed by atoms with Gasteiger partial charge in [-0.25, -0.2) is 4.68 Å². The van der Waals surface area contributed by atoms with Crippen LogP contribution in [0.3, 0.4) is 0 Å². The van der Waals surface area contributed by atoms with Crippen molar-refractivity contribution >= 4 is 17.0 Å². The zero-order valence-corrected chi connectivity index (χ0v) is 14.5. The Morgan fingerprint density at radius 3 is 2.59 bits per heavy atom. The number of methoxy groups -OCH3 is 1. The van der Waals surface area contributed by atoms with E-state index in [0.29, 0.717) is 0 Å². The molecule has 1 heterocycles. The molecule has 0 amide bonds. The lowest BCUT2D eigenvalue weighted by molar-refractivity contribution is 0.415. The van der Waals surface area contributed by atoms with E-state index in [1.807, 2.05) is 28.9 Å². The number of benzene rings is 1. The largest absolute Gasteiger partial charge is 0.497 e. The summed E-state index contributed by atoms with van der Waals surface area (Å²) in [5.74, 6) is 0.855. The van der Waals surface area contributed by atoms with Crippen molar-refractivity contribution in [3.63, 3.8) is 0 Å². The molecule has 1 aromatic carbocycles. The van der Waals surface area contributed by atoms with Crippen LogP contribution in [-0.4, -0.2) is 24.5 Å². The van der Waals surface area contributed by atoms with Gasteiger partial charge in [0.05, 0.1) is 12.8 Å². The average Bonchev–Trinajstić information content (AvgIpc) is 2.95. The number of ether oxygens (including phenoxy) is 1. The topological polar surface area (TPSA) is 38.9 Å². The van der Waals surface area contributed by atoms with E-state index in [2.05, 4.69) is 24.2 Å². The predicted molar refractivity (Wildman–Crippen MR) is 93.8 cm³/mol. The molecule has 2 aromatic rings. The smallest absolute Gasteiger partial charge is 0.205 e. The van der Waals surface area contributed by atoms with Crippen LogP contribution in [0.15, 0.2) is 39.7 Å². The Hall–Kier alpha value is -1.88. The maximum absolute atomic E-state index is 5.22. The molecule has 0 N–H and O–H groups in total. The van der Waals surface area contributed by atoms with E-state index >= 15 is 0 Å². The summed E-state index contributed by atoms with van der Waals surface area (Å²) in [5, 5.41) is 6.86. The molecule has 0 fully saturated rings. The van der Waals surface area contributed by atoms with Crippen molar-refractivity contribution < 1.29 is 4.74 Å². The van der Waals surface area contributed by atoms with E-state index in [0.717, 1.165) is 40.4 Å². The SMILES string of the molecule is CCCCC(C)=Nn1c(-c2ccc(OC)cc2)csc1=NC. The summed E-state index contributed by atoms with van der Waals surface area (Å²) >= 11 is 1.60. The zero-order chi connectivity index (χ0) is 15.9. The van der Waals surface area contributed by atoms with Gasteiger partial charge in [0.25, 0.3) is 0 Å². The van der Waals surface area contributed by atoms with E-state index < -0.39 is 0 Å². The fourth-order valence-electron chi connectivity index (χ4n) is 2.16. The number of nitrogens with zero attached hydrogens (tertiary/aromatic N) is 3. The molecule has 0 bridgehead atoms. The fraction of sp³-hybridized carbons (Fsp3) is 0.412. The van der Waals surface area contributed by atoms with Crippen LogP contribution in [0, 0.1) is 0 Å². The normalized spacial score (nSPS) is 12.7. The van der Waals surface area contributed by atoms with E-state index in [1.165, 1.54) is 6.42 Å². The maximum atomic E-state index is 5.22. The third kappa shape index (κ3) is 3.85. The standard InChI is InChI=1S/C17H23N3OS/c1-5-6-7-13(2)19-20-16(12-22-17(20)18-3)14-8-10-15(21-4)11-9-14/h8-12H,5-7H2,1-4H3. The van der Waals surface area contributed by atoms with Crippen LogP contribution in [-0.2, 0) is 0 Å². The molecule has 2 rings (SSSR count). The van der Waals surface area contributed by atoms with Gasteiger partial charge in [-0.3, -0.25) is 4.99 Å². The molecule has 0 radical (unpaired) electrons. The summed E-state index contributed by atoms with van der Waals surface area (Å²) in [6.07, 6.45) is 3.36. The summed E-state index contributed by atoms with van der Waals surface area (Å²) in [4.78, 5) is 5.24. The Balaban J connectivity index is 2.42. The molecule has 0 saturated heterocycles. The molecule has 0 aliphatic rings. The number of hydrogen-bond acceptors (Lipinski definition) is 4. The third-order valence-corrected chi connectivity index (χ3v) is 4.33. The van der Waals surface area contributed by atoms with Crippen LogP contribution in [0.25, 0.3) is 11.3 Å². The van der Waals surface area contributed by atoms with E-state index in [-0.39, 0.29) is 0 Å². The second-order valence-corrected chi connectivity index (χ2v) is 5.94. The first-order valence-electron chi connectivity index (χ1n) is 7.51. The van der Waals surface area contributed by atoms with Crippen molar-refractivity contribution in [2.75, 3.05) is 14.2 Å². The first-order chi connectivity index (χ1) is 10.7. The zero-order valence-electron chi connectivity index (χ0n) is 13.7. The van der Waals surface area contributed by atoms with Gasteiger partial charge in [-0.2, -0.15) is 5.10 Å². The van der Waals surface area contributed by atoms with Gasteiger partial charge in [0, 0.05) is 23.7 Å². The van der Waals surface area contributed by atoms with Gasteiger partial charge in [-0.05, 0) is 44.0 Å². The molecule has 0 aliphatic carbocycles. The van der Waals surface area contributed by atoms with Crippen molar-refractivity contribution in [1.82, 2.24) is 4.68 Å². The van der Waals surface area contributed by atoms with Crippen molar-refractivity contribution in [3.05, 3.63) is 34.4 Å². The second-order valence-electron chi connectivity index (χ2n) is 5.11. The van der Waals surface area contributed by atoms with E-state index in [1.54, 1.807) is 25.5 Å². The van der Waals surface area contributed by atoms with Crippen LogP contribution in [0.1, 0.15) is 33.1 Å². The van der Waals surface area contributed by atoms with Crippen LogP contribution in [0.4, 0.5) is 0 Å². The Morgan fingerprint density at radius 2 is 2.00 bits per heavy atom. The van der Waals surface area contributed by atoms with Crippen molar-refractivity contribution in [3.8, 4) is 17.0 Å². The number of thiazole rings is 1. The summed E-state index contributed by atoms with van der Waals surface area (Å²) in [6.45, 7) is 4.28. The van der Waals surface area contributed by atoms with Gasteiger partial charge >= 0.3 is 0 Å². The van der Waals surface area contributed by atoms with Gasteiger partial charge in [0.1, 0.15) is 5.75 Å². The Labute approximate surface area is 135 Å². The monoisotopic (exact) mass is 317 g/mol. The summed E-state index contributed by atoms with van der Waals surface area (Å²) in [7, 11) is 3.48. The minimum Gasteiger partial charge on any atom is -0.497 e. The van der Waals surface area contributed by atoms with Crippen LogP contribution in [0.2, 0.25) is 0 Å². The van der Waals surface area contributed by atoms with Crippen LogP contribution in [0.5, 0.6) is 5.75 Å². The highest BCUT2D eigenvalue weighted by Crippen LogP contribution is 2.23. The Bertz CT molecular complexity index is 695. The molecule has 0 unspecified atom stereocenters. The lowest BCUT2D eigenvalue weighted by atomic mass is 10.2. The summed E-state index contributed by atoms with van der Waals surface area (Å²) in [5.41, 5.74) is 3.30. The van der Waals surface area contributed by atoms with Gasteiger partial charge < -0.3 is 4.74 Å². The molecule has 0 spiro atoms. The molecule has 5 heteroatoms. The average molecular weight is 317 g/mol. The molecule has 118 valence electrons. The highest BCUT2D eigenvalue weighted by atomic mass is 32.1. The van der Waals surface area contributed by atoms with Gasteiger partial charge in [0.15, 0.2) is 0 Å². The van der Waals surface area contributed by atoms with Crippen LogP contribution >= 0.6 is 11.3 Å². The Kier molecular flexibility index (Phi) is 5.95. The van der Waals surface area contributed by atoms with E-state index in [4.69, 9.17) is 9.84 Å². The fourth-order valence-corrected chi connectivity index (χ4v) is 2.96. The highest BCUT2D eigenvalue weighted by Gasteiger charge is 2.08. The second kappa shape index (κ2) is 7.94. The molecular formula is C17H23N3OS. The molecule has 4 nitrogen and oxygen atoms in total. The molecule has 1 aromatic heterocycles. The minimum absolute atomic E-state index is 0.855. The first-order valence-corrected chi connectivity index (χ1v) is 8.39. The lowest BCUT2D eigenvalue weighted by Gasteiger charge is -2.06. The van der Waals surface area contributed by atoms with E-state index in [9.17, 15) is 0 Å². The number of hydrogen-bond donors (Lipinski definition) is 0. The van der Waals surface area contributed by atoms with Gasteiger partial charge in [-0.15, -0.1) is 11.3 Å². The van der Waals surface area contributed by atoms with Crippen LogP contribution < -0.4 is 9.54 Å². The minimum atomic E-state index is 0.855. The molecule has 0 saturated carbocycles. The van der Waals surface area contributed by atoms with Gasteiger partial charge in [0.2, 0.25) is 4.80 Å². The predicted octanol–water partition coefficient (Wildman–Crippen LogP) is 4.17. The third-order valence-electron chi connectivity index (χ3n) is 3.43. The van der Waals surface area contributed by atoms with Crippen molar-refractivity contribution in [1.29, 1.82) is 0 Å². The summed E-state index contributed by atoms with van der Waals surface area (Å²) in [6, 6.07) is 8.03. The molecule has 0 atom stereocenters. The number of aromatic nitrogens is 1.